The highest BCUT2D eigenvalue weighted by Crippen LogP contribution is 2.28. The fourth-order valence-electron chi connectivity index (χ4n) is 6.97. The van der Waals surface area contributed by atoms with Crippen LogP contribution in [0.5, 0.6) is 0 Å². The van der Waals surface area contributed by atoms with Crippen molar-refractivity contribution in [2.24, 2.45) is 11.8 Å². The lowest BCUT2D eigenvalue weighted by molar-refractivity contribution is -0.175. The molecule has 4 amide bonds. The van der Waals surface area contributed by atoms with Crippen molar-refractivity contribution in [1.29, 1.82) is 0 Å². The molecule has 0 radical (unpaired) electrons. The summed E-state index contributed by atoms with van der Waals surface area (Å²) in [6, 6.07) is 41.9. The van der Waals surface area contributed by atoms with Crippen LogP contribution in [-0.4, -0.2) is 69.1 Å². The van der Waals surface area contributed by atoms with Crippen molar-refractivity contribution < 1.29 is 69.4 Å². The number of amides is 4. The van der Waals surface area contributed by atoms with E-state index in [0.29, 0.717) is 0 Å². The van der Waals surface area contributed by atoms with Gasteiger partial charge in [0.2, 0.25) is 0 Å². The Hall–Kier alpha value is -8.36. The number of nitrogens with one attached hydrogen (secondary N) is 4. The zero-order chi connectivity index (χ0) is 52.4. The highest BCUT2D eigenvalue weighted by molar-refractivity contribution is 6.35. The third-order valence-electron chi connectivity index (χ3n) is 10.7. The van der Waals surface area contributed by atoms with E-state index in [1.54, 1.807) is 19.1 Å². The van der Waals surface area contributed by atoms with Crippen LogP contribution < -0.4 is 21.5 Å². The van der Waals surface area contributed by atoms with Gasteiger partial charge in [-0.1, -0.05) is 153 Å². The van der Waals surface area contributed by atoms with Gasteiger partial charge >= 0.3 is 59.7 Å². The average Bonchev–Trinajstić information content (AvgIpc) is 3.88. The van der Waals surface area contributed by atoms with Crippen LogP contribution in [0.4, 0.5) is 26.3 Å². The quantitative estimate of drug-likeness (QED) is 0.0255. The summed E-state index contributed by atoms with van der Waals surface area (Å²) in [7, 11) is 0. The van der Waals surface area contributed by atoms with Crippen LogP contribution in [-0.2, 0) is 54.3 Å². The molecule has 4 atom stereocenters. The van der Waals surface area contributed by atoms with Gasteiger partial charge in [0.05, 0.1) is 11.8 Å². The number of rotatable bonds is 17. The first-order chi connectivity index (χ1) is 34.2. The van der Waals surface area contributed by atoms with Crippen LogP contribution in [0, 0.1) is 11.8 Å². The van der Waals surface area contributed by atoms with Crippen molar-refractivity contribution in [2.45, 2.75) is 70.6 Å². The van der Waals surface area contributed by atoms with Crippen LogP contribution in [0.2, 0.25) is 0 Å². The third-order valence-corrected chi connectivity index (χ3v) is 10.7. The Labute approximate surface area is 408 Å². The van der Waals surface area contributed by atoms with Crippen molar-refractivity contribution in [1.82, 2.24) is 31.7 Å². The first-order valence-corrected chi connectivity index (χ1v) is 22.1. The van der Waals surface area contributed by atoms with Gasteiger partial charge < -0.3 is 24.9 Å². The molecule has 6 aromatic rings. The number of benzene rings is 5. The highest BCUT2D eigenvalue weighted by atomic mass is 19.4. The minimum Gasteiger partial charge on any atom is -0.481 e. The summed E-state index contributed by atoms with van der Waals surface area (Å²) in [5.74, 6) is -11.7. The molecule has 21 heteroatoms. The number of hydrogen-bond donors (Lipinski definition) is 5. The Bertz CT molecular complexity index is 2740. The molecule has 0 bridgehead atoms. The number of nitrogens with zero attached hydrogens (tertiary/aromatic N) is 2. The summed E-state index contributed by atoms with van der Waals surface area (Å²) in [5.41, 5.74) is 8.94. The van der Waals surface area contributed by atoms with Crippen molar-refractivity contribution in [3.8, 4) is 22.3 Å². The molecular weight excluding hydrogens is 955 g/mol. The SMILES string of the molecule is C[C@H](C[C@@H](Cc1ccc(-c2ccccc2)cc1)NC(=O)C(=O)NNC(=O)C(F)(F)F)C(=O)OCc1ccccc1.C[C@H](C[C@@H](Cc1ccc(-c2ccccc2)cc1)NC(=O)c1nnc(C(F)(F)F)o1)C(=O)O. The third kappa shape index (κ3) is 17.2. The fraction of sp³-hybridized carbons (Fsp3) is 0.255. The predicted molar refractivity (Wildman–Crippen MR) is 247 cm³/mol. The van der Waals surface area contributed by atoms with Gasteiger partial charge in [-0.3, -0.25) is 39.6 Å². The topological polar surface area (TPSA) is 219 Å². The Morgan fingerprint density at radius 2 is 1.03 bits per heavy atom. The highest BCUT2D eigenvalue weighted by Gasteiger charge is 2.40. The second-order valence-electron chi connectivity index (χ2n) is 16.4. The molecule has 5 aromatic carbocycles. The maximum Gasteiger partial charge on any atom is 0.472 e. The molecule has 72 heavy (non-hydrogen) atoms. The maximum atomic E-state index is 12.6. The second kappa shape index (κ2) is 25.5. The van der Waals surface area contributed by atoms with E-state index in [1.165, 1.54) is 12.3 Å². The summed E-state index contributed by atoms with van der Waals surface area (Å²) in [5, 5.41) is 20.1. The molecule has 0 saturated heterocycles. The molecule has 1 heterocycles. The van der Waals surface area contributed by atoms with Gasteiger partial charge in [-0.25, -0.2) is 0 Å². The summed E-state index contributed by atoms with van der Waals surface area (Å²) in [6.07, 6.45) is -9.52. The van der Waals surface area contributed by atoms with Gasteiger partial charge in [-0.15, -0.1) is 10.2 Å². The Balaban J connectivity index is 0.000000274. The van der Waals surface area contributed by atoms with Gasteiger partial charge in [0.1, 0.15) is 6.61 Å². The predicted octanol–water partition coefficient (Wildman–Crippen LogP) is 8.07. The lowest BCUT2D eigenvalue weighted by atomic mass is 9.95. The molecule has 0 aliphatic heterocycles. The number of carboxylic acids is 1. The van der Waals surface area contributed by atoms with E-state index in [1.807, 2.05) is 127 Å². The number of hydrazine groups is 1. The molecule has 15 nitrogen and oxygen atoms in total. The normalized spacial score (nSPS) is 12.9. The first kappa shape index (κ1) is 54.6. The molecule has 0 fully saturated rings. The Kier molecular flexibility index (Phi) is 19.3. The van der Waals surface area contributed by atoms with E-state index in [2.05, 4.69) is 25.2 Å². The number of carbonyl (C=O) groups is 6. The number of carboxylic acid groups (broad SMARTS) is 1. The summed E-state index contributed by atoms with van der Waals surface area (Å²) in [6.45, 7) is 3.15. The zero-order valence-electron chi connectivity index (χ0n) is 38.5. The fourth-order valence-corrected chi connectivity index (χ4v) is 6.97. The van der Waals surface area contributed by atoms with Crippen molar-refractivity contribution in [3.05, 3.63) is 168 Å². The zero-order valence-corrected chi connectivity index (χ0v) is 38.5. The lowest BCUT2D eigenvalue weighted by Gasteiger charge is -2.22. The summed E-state index contributed by atoms with van der Waals surface area (Å²) < 4.78 is 84.8. The van der Waals surface area contributed by atoms with E-state index in [-0.39, 0.29) is 32.3 Å². The molecule has 378 valence electrons. The van der Waals surface area contributed by atoms with Gasteiger partial charge in [-0.05, 0) is 64.6 Å². The molecule has 0 saturated carbocycles. The number of esters is 1. The summed E-state index contributed by atoms with van der Waals surface area (Å²) in [4.78, 5) is 71.7. The van der Waals surface area contributed by atoms with Crippen LogP contribution in [0.15, 0.2) is 144 Å². The Morgan fingerprint density at radius 1 is 0.569 bits per heavy atom. The van der Waals surface area contributed by atoms with Crippen molar-refractivity contribution in [2.75, 3.05) is 0 Å². The van der Waals surface area contributed by atoms with Crippen LogP contribution in [0.1, 0.15) is 60.0 Å². The van der Waals surface area contributed by atoms with E-state index < -0.39 is 83.6 Å². The molecule has 0 unspecified atom stereocenters. The number of halogens is 6. The monoisotopic (exact) mass is 1000 g/mol. The number of aliphatic carboxylic acids is 1. The van der Waals surface area contributed by atoms with Crippen LogP contribution >= 0.6 is 0 Å². The number of ether oxygens (including phenoxy) is 1. The van der Waals surface area contributed by atoms with Gasteiger partial charge in [-0.2, -0.15) is 26.3 Å². The number of hydrogen-bond acceptors (Lipinski definition) is 10. The second-order valence-corrected chi connectivity index (χ2v) is 16.4. The molecular formula is C51H48F6N6O9. The van der Waals surface area contributed by atoms with Crippen molar-refractivity contribution in [3.63, 3.8) is 0 Å². The largest absolute Gasteiger partial charge is 0.481 e. The lowest BCUT2D eigenvalue weighted by Crippen LogP contribution is -2.53. The molecule has 1 aromatic heterocycles. The van der Waals surface area contributed by atoms with Crippen molar-refractivity contribution >= 4 is 35.6 Å². The minimum absolute atomic E-state index is 0.0573. The molecule has 6 rings (SSSR count). The Morgan fingerprint density at radius 3 is 1.49 bits per heavy atom. The number of carbonyl (C=O) groups excluding carboxylic acids is 5. The van der Waals surface area contributed by atoms with E-state index in [4.69, 9.17) is 4.74 Å². The molecule has 5 N–H and O–H groups in total. The maximum absolute atomic E-state index is 12.6. The van der Waals surface area contributed by atoms with Crippen LogP contribution in [0.25, 0.3) is 22.3 Å². The minimum atomic E-state index is -5.24. The first-order valence-electron chi connectivity index (χ1n) is 22.1. The van der Waals surface area contributed by atoms with E-state index in [9.17, 15) is 60.2 Å². The number of aromatic nitrogens is 2. The average molecular weight is 1000 g/mol. The molecule has 0 aliphatic carbocycles. The van der Waals surface area contributed by atoms with Gasteiger partial charge in [0.25, 0.3) is 0 Å². The van der Waals surface area contributed by atoms with Gasteiger partial charge in [0, 0.05) is 12.1 Å². The van der Waals surface area contributed by atoms with Gasteiger partial charge in [0.15, 0.2) is 0 Å². The smallest absolute Gasteiger partial charge is 0.472 e. The molecule has 0 spiro atoms. The standard InChI is InChI=1S/C29H28F3N3O5.C22H20F3N3O4/c1-19(27(38)40-18-21-8-4-2-5-9-21)16-24(33-25(36)26(37)34-35-28(39)29(30,31)32)17-20-12-14-23(15-13-20)22-10-6-3-7-11-22;1-13(20(30)31)11-17(26-18(29)19-27-28-21(32-19)22(23,24)25)12-14-7-9-16(10-8-14)15-5-3-2-4-6-15/h2-15,19,24H,16-18H2,1H3,(H,33,36)(H,34,37)(H,35,39);2-10,13,17H,11-12H2,1H3,(H,26,29)(H,30,31)/t19-,24+;13-,17+/m11/s1. The van der Waals surface area contributed by atoms with Crippen LogP contribution in [0.3, 0.4) is 0 Å². The number of alkyl halides is 6. The molecule has 0 aliphatic rings. The summed E-state index contributed by atoms with van der Waals surface area (Å²) >= 11 is 0. The van der Waals surface area contributed by atoms with E-state index >= 15 is 0 Å². The van der Waals surface area contributed by atoms with E-state index in [0.717, 1.165) is 44.4 Å².